The summed E-state index contributed by atoms with van der Waals surface area (Å²) in [6, 6.07) is 19.5. The fourth-order valence-electron chi connectivity index (χ4n) is 3.06. The van der Waals surface area contributed by atoms with Crippen LogP contribution in [0.15, 0.2) is 66.9 Å². The highest BCUT2D eigenvalue weighted by Gasteiger charge is 2.11. The Labute approximate surface area is 139 Å². The van der Waals surface area contributed by atoms with Crippen LogP contribution < -0.4 is 0 Å². The first kappa shape index (κ1) is 14.0. The number of aromatic nitrogens is 1. The van der Waals surface area contributed by atoms with E-state index < -0.39 is 0 Å². The molecule has 0 saturated heterocycles. The Morgan fingerprint density at radius 2 is 1.74 bits per heavy atom. The van der Waals surface area contributed by atoms with Gasteiger partial charge in [0, 0.05) is 28.6 Å². The van der Waals surface area contributed by atoms with Crippen LogP contribution in [0.25, 0.3) is 21.7 Å². The Kier molecular flexibility index (Phi) is 3.40. The van der Waals surface area contributed by atoms with Gasteiger partial charge in [0.05, 0.1) is 5.52 Å². The Morgan fingerprint density at radius 3 is 2.65 bits per heavy atom. The van der Waals surface area contributed by atoms with Gasteiger partial charge in [0.15, 0.2) is 0 Å². The average molecular weight is 320 g/mol. The molecule has 3 aromatic carbocycles. The number of fused-ring (bicyclic) bond motifs is 2. The van der Waals surface area contributed by atoms with Crippen LogP contribution >= 0.6 is 11.6 Å². The molecule has 4 aromatic rings. The SMILES string of the molecule is Oc1ccc2ccccc2c1Cc1cc(Cl)cc2cccnc12. The van der Waals surface area contributed by atoms with Crippen LogP contribution in [0.2, 0.25) is 5.02 Å². The van der Waals surface area contributed by atoms with Crippen LogP contribution in [-0.2, 0) is 6.42 Å². The molecule has 4 rings (SSSR count). The fourth-order valence-corrected chi connectivity index (χ4v) is 3.31. The maximum absolute atomic E-state index is 10.4. The molecule has 3 heteroatoms. The van der Waals surface area contributed by atoms with Gasteiger partial charge in [-0.25, -0.2) is 0 Å². The third-order valence-corrected chi connectivity index (χ3v) is 4.35. The summed E-state index contributed by atoms with van der Waals surface area (Å²) >= 11 is 6.26. The molecule has 0 amide bonds. The highest BCUT2D eigenvalue weighted by atomic mass is 35.5. The molecule has 23 heavy (non-hydrogen) atoms. The molecular formula is C20H14ClNO. The van der Waals surface area contributed by atoms with Gasteiger partial charge in [0.25, 0.3) is 0 Å². The smallest absolute Gasteiger partial charge is 0.119 e. The molecule has 2 nitrogen and oxygen atoms in total. The molecule has 0 aliphatic carbocycles. The number of aromatic hydroxyl groups is 1. The van der Waals surface area contributed by atoms with Gasteiger partial charge in [-0.3, -0.25) is 4.98 Å². The van der Waals surface area contributed by atoms with Gasteiger partial charge in [-0.2, -0.15) is 0 Å². The van der Waals surface area contributed by atoms with E-state index in [4.69, 9.17) is 11.6 Å². The summed E-state index contributed by atoms with van der Waals surface area (Å²) < 4.78 is 0. The number of hydrogen-bond acceptors (Lipinski definition) is 2. The summed E-state index contributed by atoms with van der Waals surface area (Å²) in [6.45, 7) is 0. The minimum absolute atomic E-state index is 0.299. The van der Waals surface area contributed by atoms with Crippen LogP contribution in [-0.4, -0.2) is 10.1 Å². The van der Waals surface area contributed by atoms with E-state index in [2.05, 4.69) is 4.98 Å². The second-order valence-corrected chi connectivity index (χ2v) is 6.04. The van der Waals surface area contributed by atoms with Crippen molar-refractivity contribution in [3.63, 3.8) is 0 Å². The molecule has 0 aliphatic heterocycles. The van der Waals surface area contributed by atoms with Crippen LogP contribution in [0.3, 0.4) is 0 Å². The summed E-state index contributed by atoms with van der Waals surface area (Å²) in [6.07, 6.45) is 2.37. The molecule has 0 unspecified atom stereocenters. The van der Waals surface area contributed by atoms with Crippen molar-refractivity contribution in [3.05, 3.63) is 83.0 Å². The van der Waals surface area contributed by atoms with E-state index in [0.717, 1.165) is 32.8 Å². The molecular weight excluding hydrogens is 306 g/mol. The Balaban J connectivity index is 1.94. The van der Waals surface area contributed by atoms with Crippen molar-refractivity contribution < 1.29 is 5.11 Å². The van der Waals surface area contributed by atoms with Gasteiger partial charge >= 0.3 is 0 Å². The first-order valence-corrected chi connectivity index (χ1v) is 7.83. The van der Waals surface area contributed by atoms with Crippen LogP contribution in [0.1, 0.15) is 11.1 Å². The first-order chi connectivity index (χ1) is 11.2. The highest BCUT2D eigenvalue weighted by Crippen LogP contribution is 2.32. The number of halogens is 1. The second-order valence-electron chi connectivity index (χ2n) is 5.60. The van der Waals surface area contributed by atoms with Crippen molar-refractivity contribution in [3.8, 4) is 5.75 Å². The minimum atomic E-state index is 0.299. The summed E-state index contributed by atoms with van der Waals surface area (Å²) in [5.74, 6) is 0.299. The topological polar surface area (TPSA) is 33.1 Å². The van der Waals surface area contributed by atoms with Crippen LogP contribution in [0, 0.1) is 0 Å². The normalized spacial score (nSPS) is 11.2. The quantitative estimate of drug-likeness (QED) is 0.541. The number of hydrogen-bond donors (Lipinski definition) is 1. The zero-order chi connectivity index (χ0) is 15.8. The molecule has 0 aliphatic rings. The van der Waals surface area contributed by atoms with Crippen molar-refractivity contribution in [2.45, 2.75) is 6.42 Å². The Hall–Kier alpha value is -2.58. The summed E-state index contributed by atoms with van der Waals surface area (Å²) in [7, 11) is 0. The van der Waals surface area contributed by atoms with E-state index in [9.17, 15) is 5.11 Å². The van der Waals surface area contributed by atoms with E-state index >= 15 is 0 Å². The largest absolute Gasteiger partial charge is 0.508 e. The monoisotopic (exact) mass is 319 g/mol. The average Bonchev–Trinajstić information content (AvgIpc) is 2.57. The molecule has 0 saturated carbocycles. The number of benzene rings is 3. The maximum atomic E-state index is 10.4. The first-order valence-electron chi connectivity index (χ1n) is 7.45. The summed E-state index contributed by atoms with van der Waals surface area (Å²) in [5, 5.41) is 14.2. The lowest BCUT2D eigenvalue weighted by Crippen LogP contribution is -1.94. The number of rotatable bonds is 2. The molecule has 0 fully saturated rings. The molecule has 0 spiro atoms. The number of phenols is 1. The van der Waals surface area contributed by atoms with Crippen molar-refractivity contribution in [1.82, 2.24) is 4.98 Å². The standard InChI is InChI=1S/C20H14ClNO/c21-16-10-14-5-3-9-22-20(14)15(11-16)12-18-17-6-2-1-4-13(17)7-8-19(18)23/h1-11,23H,12H2. The minimum Gasteiger partial charge on any atom is -0.508 e. The number of phenolic OH excluding ortho intramolecular Hbond substituents is 1. The van der Waals surface area contributed by atoms with E-state index in [1.165, 1.54) is 0 Å². The zero-order valence-electron chi connectivity index (χ0n) is 12.3. The second kappa shape index (κ2) is 5.56. The van der Waals surface area contributed by atoms with Crippen molar-refractivity contribution in [2.24, 2.45) is 0 Å². The maximum Gasteiger partial charge on any atom is 0.119 e. The van der Waals surface area contributed by atoms with E-state index in [0.29, 0.717) is 17.2 Å². The van der Waals surface area contributed by atoms with E-state index in [-0.39, 0.29) is 0 Å². The summed E-state index contributed by atoms with van der Waals surface area (Å²) in [5.41, 5.74) is 2.83. The molecule has 1 N–H and O–H groups in total. The van der Waals surface area contributed by atoms with Gasteiger partial charge in [-0.15, -0.1) is 0 Å². The van der Waals surface area contributed by atoms with Gasteiger partial charge in [0.1, 0.15) is 5.75 Å². The molecule has 112 valence electrons. The van der Waals surface area contributed by atoms with Crippen LogP contribution in [0.5, 0.6) is 5.75 Å². The zero-order valence-corrected chi connectivity index (χ0v) is 13.1. The van der Waals surface area contributed by atoms with Gasteiger partial charge in [-0.05, 0) is 40.6 Å². The molecule has 0 bridgehead atoms. The predicted octanol–water partition coefficient (Wildman–Crippen LogP) is 5.34. The predicted molar refractivity (Wildman–Crippen MR) is 95.2 cm³/mol. The highest BCUT2D eigenvalue weighted by molar-refractivity contribution is 6.31. The van der Waals surface area contributed by atoms with Gasteiger partial charge in [-0.1, -0.05) is 48.0 Å². The van der Waals surface area contributed by atoms with Crippen molar-refractivity contribution >= 4 is 33.3 Å². The lowest BCUT2D eigenvalue weighted by atomic mass is 9.96. The Bertz CT molecular complexity index is 1030. The van der Waals surface area contributed by atoms with Crippen molar-refractivity contribution in [1.29, 1.82) is 0 Å². The number of nitrogens with zero attached hydrogens (tertiary/aromatic N) is 1. The summed E-state index contributed by atoms with van der Waals surface area (Å²) in [4.78, 5) is 4.49. The lowest BCUT2D eigenvalue weighted by Gasteiger charge is -2.11. The number of pyridine rings is 1. The molecule has 1 aromatic heterocycles. The third kappa shape index (κ3) is 2.51. The van der Waals surface area contributed by atoms with Crippen LogP contribution in [0.4, 0.5) is 0 Å². The fraction of sp³-hybridized carbons (Fsp3) is 0.0500. The molecule has 0 atom stereocenters. The van der Waals surface area contributed by atoms with Crippen molar-refractivity contribution in [2.75, 3.05) is 0 Å². The third-order valence-electron chi connectivity index (χ3n) is 4.13. The molecule has 0 radical (unpaired) electrons. The molecule has 1 heterocycles. The Morgan fingerprint density at radius 1 is 0.913 bits per heavy atom. The van der Waals surface area contributed by atoms with E-state index in [1.54, 1.807) is 12.3 Å². The van der Waals surface area contributed by atoms with Gasteiger partial charge < -0.3 is 5.11 Å². The van der Waals surface area contributed by atoms with E-state index in [1.807, 2.05) is 54.6 Å². The lowest BCUT2D eigenvalue weighted by molar-refractivity contribution is 0.470. The van der Waals surface area contributed by atoms with Gasteiger partial charge in [0.2, 0.25) is 0 Å².